The first-order chi connectivity index (χ1) is 6.09. The Morgan fingerprint density at radius 1 is 1.54 bits per heavy atom. The van der Waals surface area contributed by atoms with Gasteiger partial charge in [0.1, 0.15) is 12.4 Å². The molecule has 5 nitrogen and oxygen atoms in total. The summed E-state index contributed by atoms with van der Waals surface area (Å²) in [5.41, 5.74) is 1.84. The topological polar surface area (TPSA) is 75.1 Å². The van der Waals surface area contributed by atoms with E-state index in [1.54, 1.807) is 6.07 Å². The summed E-state index contributed by atoms with van der Waals surface area (Å²) in [7, 11) is 0. The normalized spacial score (nSPS) is 9.69. The molecule has 0 aromatic carbocycles. The zero-order valence-electron chi connectivity index (χ0n) is 7.53. The van der Waals surface area contributed by atoms with Crippen molar-refractivity contribution in [3.8, 4) is 0 Å². The van der Waals surface area contributed by atoms with Crippen molar-refractivity contribution in [2.45, 2.75) is 13.8 Å². The number of nitrogens with zero attached hydrogens (tertiary/aromatic N) is 2. The predicted octanol–water partition coefficient (Wildman–Crippen LogP) is 0.590. The number of aryl methyl sites for hydroxylation is 2. The third-order valence-corrected chi connectivity index (χ3v) is 1.65. The van der Waals surface area contributed by atoms with Crippen LogP contribution in [0.15, 0.2) is 6.07 Å². The van der Waals surface area contributed by atoms with Gasteiger partial charge >= 0.3 is 5.97 Å². The van der Waals surface area contributed by atoms with Crippen LogP contribution in [0.4, 0.5) is 5.82 Å². The third kappa shape index (κ3) is 2.70. The minimum Gasteiger partial charge on any atom is -0.480 e. The van der Waals surface area contributed by atoms with E-state index in [4.69, 9.17) is 5.11 Å². The summed E-state index contributed by atoms with van der Waals surface area (Å²) in [6.07, 6.45) is 0. The quantitative estimate of drug-likeness (QED) is 0.713. The lowest BCUT2D eigenvalue weighted by atomic mass is 10.2. The maximum Gasteiger partial charge on any atom is 0.322 e. The highest BCUT2D eigenvalue weighted by molar-refractivity contribution is 5.72. The number of carboxylic acids is 1. The molecule has 70 valence electrons. The van der Waals surface area contributed by atoms with Gasteiger partial charge in [0.05, 0.1) is 5.69 Å². The third-order valence-electron chi connectivity index (χ3n) is 1.65. The second-order valence-electron chi connectivity index (χ2n) is 2.75. The number of hydrogen-bond acceptors (Lipinski definition) is 4. The molecule has 5 heteroatoms. The van der Waals surface area contributed by atoms with Gasteiger partial charge in [0.25, 0.3) is 0 Å². The molecule has 0 fully saturated rings. The Kier molecular flexibility index (Phi) is 2.79. The van der Waals surface area contributed by atoms with Crippen LogP contribution in [0.5, 0.6) is 0 Å². The molecule has 0 aliphatic heterocycles. The Labute approximate surface area is 75.8 Å². The van der Waals surface area contributed by atoms with Crippen LogP contribution in [-0.2, 0) is 4.79 Å². The van der Waals surface area contributed by atoms with E-state index in [2.05, 4.69) is 15.5 Å². The summed E-state index contributed by atoms with van der Waals surface area (Å²) >= 11 is 0. The first-order valence-electron chi connectivity index (χ1n) is 3.86. The lowest BCUT2D eigenvalue weighted by Crippen LogP contribution is -2.13. The van der Waals surface area contributed by atoms with Crippen molar-refractivity contribution in [2.75, 3.05) is 11.9 Å². The number of hydrogen-bond donors (Lipinski definition) is 2. The Hall–Kier alpha value is -1.65. The minimum atomic E-state index is -0.917. The maximum absolute atomic E-state index is 10.2. The van der Waals surface area contributed by atoms with Crippen LogP contribution in [0.2, 0.25) is 0 Å². The largest absolute Gasteiger partial charge is 0.480 e. The molecular weight excluding hydrogens is 170 g/mol. The molecule has 13 heavy (non-hydrogen) atoms. The van der Waals surface area contributed by atoms with Gasteiger partial charge in [0, 0.05) is 0 Å². The van der Waals surface area contributed by atoms with Crippen LogP contribution in [0.3, 0.4) is 0 Å². The van der Waals surface area contributed by atoms with Crippen LogP contribution >= 0.6 is 0 Å². The van der Waals surface area contributed by atoms with Crippen molar-refractivity contribution < 1.29 is 9.90 Å². The highest BCUT2D eigenvalue weighted by Crippen LogP contribution is 2.06. The number of aliphatic carboxylic acids is 1. The number of aromatic nitrogens is 2. The summed E-state index contributed by atoms with van der Waals surface area (Å²) in [6.45, 7) is 3.61. The van der Waals surface area contributed by atoms with E-state index in [1.165, 1.54) is 0 Å². The molecule has 0 radical (unpaired) electrons. The summed E-state index contributed by atoms with van der Waals surface area (Å²) in [4.78, 5) is 10.2. The lowest BCUT2D eigenvalue weighted by molar-refractivity contribution is -0.134. The van der Waals surface area contributed by atoms with Crippen LogP contribution in [0.25, 0.3) is 0 Å². The first kappa shape index (κ1) is 9.44. The van der Waals surface area contributed by atoms with E-state index in [-0.39, 0.29) is 6.54 Å². The van der Waals surface area contributed by atoms with E-state index in [1.807, 2.05) is 13.8 Å². The summed E-state index contributed by atoms with van der Waals surface area (Å²) in [5.74, 6) is -0.425. The molecule has 1 rings (SSSR count). The van der Waals surface area contributed by atoms with Crippen molar-refractivity contribution in [1.82, 2.24) is 10.2 Å². The molecule has 0 saturated heterocycles. The molecule has 0 saturated carbocycles. The molecular formula is C8H11N3O2. The average Bonchev–Trinajstić information content (AvgIpc) is 2.07. The van der Waals surface area contributed by atoms with E-state index in [0.29, 0.717) is 5.82 Å². The van der Waals surface area contributed by atoms with Gasteiger partial charge in [-0.05, 0) is 25.5 Å². The number of carboxylic acid groups (broad SMARTS) is 1. The van der Waals surface area contributed by atoms with Crippen LogP contribution in [0, 0.1) is 13.8 Å². The van der Waals surface area contributed by atoms with Crippen molar-refractivity contribution in [2.24, 2.45) is 0 Å². The van der Waals surface area contributed by atoms with Gasteiger partial charge in [-0.2, -0.15) is 5.10 Å². The lowest BCUT2D eigenvalue weighted by Gasteiger charge is -2.03. The van der Waals surface area contributed by atoms with Gasteiger partial charge in [0.2, 0.25) is 0 Å². The smallest absolute Gasteiger partial charge is 0.322 e. The molecule has 0 spiro atoms. The molecule has 1 heterocycles. The maximum atomic E-state index is 10.2. The van der Waals surface area contributed by atoms with Crippen LogP contribution in [-0.4, -0.2) is 27.8 Å². The summed E-state index contributed by atoms with van der Waals surface area (Å²) in [5, 5.41) is 18.7. The molecule has 0 aliphatic carbocycles. The Morgan fingerprint density at radius 2 is 2.23 bits per heavy atom. The number of anilines is 1. The van der Waals surface area contributed by atoms with Crippen molar-refractivity contribution in [3.63, 3.8) is 0 Å². The summed E-state index contributed by atoms with van der Waals surface area (Å²) < 4.78 is 0. The highest BCUT2D eigenvalue weighted by Gasteiger charge is 2.00. The SMILES string of the molecule is Cc1cc(NCC(=O)O)nnc1C. The fourth-order valence-corrected chi connectivity index (χ4v) is 0.799. The number of nitrogens with one attached hydrogen (secondary N) is 1. The predicted molar refractivity (Wildman–Crippen MR) is 47.6 cm³/mol. The van der Waals surface area contributed by atoms with E-state index >= 15 is 0 Å². The van der Waals surface area contributed by atoms with Gasteiger partial charge in [-0.25, -0.2) is 0 Å². The van der Waals surface area contributed by atoms with Gasteiger partial charge in [-0.3, -0.25) is 4.79 Å². The average molecular weight is 181 g/mol. The van der Waals surface area contributed by atoms with Crippen LogP contribution in [0.1, 0.15) is 11.3 Å². The van der Waals surface area contributed by atoms with E-state index < -0.39 is 5.97 Å². The Balaban J connectivity index is 2.68. The second kappa shape index (κ2) is 3.84. The minimum absolute atomic E-state index is 0.142. The molecule has 0 atom stereocenters. The fraction of sp³-hybridized carbons (Fsp3) is 0.375. The van der Waals surface area contributed by atoms with E-state index in [0.717, 1.165) is 11.3 Å². The van der Waals surface area contributed by atoms with E-state index in [9.17, 15) is 4.79 Å². The van der Waals surface area contributed by atoms with Crippen molar-refractivity contribution in [3.05, 3.63) is 17.3 Å². The first-order valence-corrected chi connectivity index (χ1v) is 3.86. The molecule has 1 aromatic rings. The Bertz CT molecular complexity index is 325. The molecule has 0 aliphatic rings. The van der Waals surface area contributed by atoms with Crippen LogP contribution < -0.4 is 5.32 Å². The van der Waals surface area contributed by atoms with Gasteiger partial charge in [-0.15, -0.1) is 5.10 Å². The number of rotatable bonds is 3. The molecule has 1 aromatic heterocycles. The number of carbonyl (C=O) groups is 1. The zero-order chi connectivity index (χ0) is 9.84. The Morgan fingerprint density at radius 3 is 2.77 bits per heavy atom. The van der Waals surface area contributed by atoms with Crippen molar-refractivity contribution >= 4 is 11.8 Å². The highest BCUT2D eigenvalue weighted by atomic mass is 16.4. The summed E-state index contributed by atoms with van der Waals surface area (Å²) in [6, 6.07) is 1.77. The second-order valence-corrected chi connectivity index (χ2v) is 2.75. The molecule has 2 N–H and O–H groups in total. The van der Waals surface area contributed by atoms with Gasteiger partial charge in [-0.1, -0.05) is 0 Å². The van der Waals surface area contributed by atoms with Gasteiger partial charge in [0.15, 0.2) is 0 Å². The zero-order valence-corrected chi connectivity index (χ0v) is 7.53. The monoisotopic (exact) mass is 181 g/mol. The van der Waals surface area contributed by atoms with Gasteiger partial charge < -0.3 is 10.4 Å². The standard InChI is InChI=1S/C8H11N3O2/c1-5-3-7(9-4-8(12)13)11-10-6(5)2/h3H,4H2,1-2H3,(H,9,11)(H,12,13). The molecule has 0 unspecified atom stereocenters. The fourth-order valence-electron chi connectivity index (χ4n) is 0.799. The molecule has 0 bridgehead atoms. The van der Waals surface area contributed by atoms with Crippen molar-refractivity contribution in [1.29, 1.82) is 0 Å². The molecule has 0 amide bonds.